The van der Waals surface area contributed by atoms with E-state index in [4.69, 9.17) is 0 Å². The van der Waals surface area contributed by atoms with Crippen LogP contribution < -0.4 is 0 Å². The van der Waals surface area contributed by atoms with E-state index in [1.54, 1.807) is 12.3 Å². The lowest BCUT2D eigenvalue weighted by molar-refractivity contribution is 0.639. The molecule has 0 fully saturated rings. The van der Waals surface area contributed by atoms with Crippen molar-refractivity contribution in [3.05, 3.63) is 35.5 Å². The number of nitrogens with zero attached hydrogens (tertiary/aromatic N) is 2. The van der Waals surface area contributed by atoms with E-state index in [1.807, 2.05) is 13.8 Å². The number of hydrogen-bond donors (Lipinski definition) is 2. The number of H-pyrrole nitrogens is 2. The van der Waals surface area contributed by atoms with Crippen molar-refractivity contribution < 1.29 is 4.39 Å². The topological polar surface area (TPSA) is 57.4 Å². The molecule has 1 aromatic carbocycles. The van der Waals surface area contributed by atoms with Gasteiger partial charge in [0.05, 0.1) is 5.52 Å². The number of halogens is 1. The van der Waals surface area contributed by atoms with Gasteiger partial charge in [-0.2, -0.15) is 5.10 Å². The smallest absolute Gasteiger partial charge is 0.183 e. The fourth-order valence-electron chi connectivity index (χ4n) is 2.01. The molecule has 0 aliphatic heterocycles. The molecule has 2 N–H and O–H groups in total. The van der Waals surface area contributed by atoms with Gasteiger partial charge in [-0.05, 0) is 31.5 Å². The number of aryl methyl sites for hydroxylation is 2. The first kappa shape index (κ1) is 10.0. The van der Waals surface area contributed by atoms with Crippen molar-refractivity contribution in [1.82, 2.24) is 20.2 Å². The normalized spacial score (nSPS) is 11.2. The highest BCUT2D eigenvalue weighted by molar-refractivity contribution is 5.94. The first-order valence-electron chi connectivity index (χ1n) is 5.32. The van der Waals surface area contributed by atoms with Crippen LogP contribution in [0.4, 0.5) is 4.39 Å². The third kappa shape index (κ3) is 1.43. The molecule has 17 heavy (non-hydrogen) atoms. The minimum Gasteiger partial charge on any atom is -0.360 e. The molecule has 2 aromatic heterocycles. The number of aromatic amines is 2. The van der Waals surface area contributed by atoms with E-state index in [9.17, 15) is 4.39 Å². The van der Waals surface area contributed by atoms with Crippen molar-refractivity contribution in [1.29, 1.82) is 0 Å². The lowest BCUT2D eigenvalue weighted by Gasteiger charge is -2.00. The molecule has 0 unspecified atom stereocenters. The number of nitrogens with one attached hydrogen (secondary N) is 2. The Bertz CT molecular complexity index is 696. The van der Waals surface area contributed by atoms with Gasteiger partial charge in [-0.25, -0.2) is 9.37 Å². The summed E-state index contributed by atoms with van der Waals surface area (Å²) in [6.07, 6.45) is 1.79. The molecule has 86 valence electrons. The standard InChI is InChI=1S/C12H11FN4/c1-6-5-14-11-8(3-4-9(13)10(6)11)12-15-7(2)16-17-12/h3-5,14H,1-2H3,(H,15,16,17). The second-order valence-electron chi connectivity index (χ2n) is 4.06. The van der Waals surface area contributed by atoms with E-state index in [2.05, 4.69) is 20.2 Å². The molecule has 0 radical (unpaired) electrons. The highest BCUT2D eigenvalue weighted by Crippen LogP contribution is 2.29. The highest BCUT2D eigenvalue weighted by Gasteiger charge is 2.13. The molecule has 5 heteroatoms. The van der Waals surface area contributed by atoms with Gasteiger partial charge in [-0.1, -0.05) is 0 Å². The molecule has 0 aliphatic rings. The maximum atomic E-state index is 13.7. The molecular weight excluding hydrogens is 219 g/mol. The van der Waals surface area contributed by atoms with Crippen LogP contribution >= 0.6 is 0 Å². The molecule has 2 heterocycles. The van der Waals surface area contributed by atoms with Crippen LogP contribution in [0.2, 0.25) is 0 Å². The summed E-state index contributed by atoms with van der Waals surface area (Å²) in [5.41, 5.74) is 2.42. The second kappa shape index (κ2) is 3.41. The van der Waals surface area contributed by atoms with Gasteiger partial charge < -0.3 is 4.98 Å². The molecule has 0 bridgehead atoms. The Hall–Kier alpha value is -2.17. The third-order valence-electron chi connectivity index (χ3n) is 2.82. The lowest BCUT2D eigenvalue weighted by atomic mass is 10.1. The first-order chi connectivity index (χ1) is 8.16. The summed E-state index contributed by atoms with van der Waals surface area (Å²) in [7, 11) is 0. The van der Waals surface area contributed by atoms with Crippen LogP contribution in [0.3, 0.4) is 0 Å². The van der Waals surface area contributed by atoms with Crippen molar-refractivity contribution in [2.24, 2.45) is 0 Å². The first-order valence-corrected chi connectivity index (χ1v) is 5.32. The summed E-state index contributed by atoms with van der Waals surface area (Å²) in [6.45, 7) is 3.70. The zero-order valence-electron chi connectivity index (χ0n) is 9.50. The van der Waals surface area contributed by atoms with Gasteiger partial charge in [-0.3, -0.25) is 5.10 Å². The zero-order chi connectivity index (χ0) is 12.0. The van der Waals surface area contributed by atoms with Gasteiger partial charge in [0.2, 0.25) is 0 Å². The van der Waals surface area contributed by atoms with Crippen LogP contribution in [0.5, 0.6) is 0 Å². The van der Waals surface area contributed by atoms with Crippen LogP contribution in [-0.2, 0) is 0 Å². The van der Waals surface area contributed by atoms with Gasteiger partial charge in [0.25, 0.3) is 0 Å². The van der Waals surface area contributed by atoms with E-state index in [0.717, 1.165) is 22.5 Å². The molecule has 0 amide bonds. The molecule has 0 aliphatic carbocycles. The van der Waals surface area contributed by atoms with Crippen molar-refractivity contribution >= 4 is 10.9 Å². The maximum Gasteiger partial charge on any atom is 0.183 e. The van der Waals surface area contributed by atoms with Gasteiger partial charge in [-0.15, -0.1) is 0 Å². The Morgan fingerprint density at radius 2 is 2.06 bits per heavy atom. The predicted octanol–water partition coefficient (Wildman–Crippen LogP) is 2.71. The Kier molecular flexibility index (Phi) is 2.01. The highest BCUT2D eigenvalue weighted by atomic mass is 19.1. The van der Waals surface area contributed by atoms with Gasteiger partial charge >= 0.3 is 0 Å². The van der Waals surface area contributed by atoms with E-state index in [1.165, 1.54) is 6.07 Å². The average molecular weight is 230 g/mol. The fourth-order valence-corrected chi connectivity index (χ4v) is 2.01. The van der Waals surface area contributed by atoms with E-state index in [-0.39, 0.29) is 5.82 Å². The van der Waals surface area contributed by atoms with E-state index < -0.39 is 0 Å². The molecule has 4 nitrogen and oxygen atoms in total. The third-order valence-corrected chi connectivity index (χ3v) is 2.82. The maximum absolute atomic E-state index is 13.7. The van der Waals surface area contributed by atoms with Gasteiger partial charge in [0.1, 0.15) is 11.6 Å². The Balaban J connectivity index is 2.34. The van der Waals surface area contributed by atoms with Crippen LogP contribution in [0.15, 0.2) is 18.3 Å². The van der Waals surface area contributed by atoms with Crippen LogP contribution in [0.25, 0.3) is 22.3 Å². The summed E-state index contributed by atoms with van der Waals surface area (Å²) >= 11 is 0. The number of hydrogen-bond acceptors (Lipinski definition) is 2. The van der Waals surface area contributed by atoms with Crippen molar-refractivity contribution in [3.8, 4) is 11.4 Å². The van der Waals surface area contributed by atoms with Gasteiger partial charge in [0, 0.05) is 17.1 Å². The number of fused-ring (bicyclic) bond motifs is 1. The van der Waals surface area contributed by atoms with Crippen LogP contribution in [0, 0.1) is 19.7 Å². The van der Waals surface area contributed by atoms with Crippen LogP contribution in [-0.4, -0.2) is 20.2 Å². The number of rotatable bonds is 1. The zero-order valence-corrected chi connectivity index (χ0v) is 9.50. The quantitative estimate of drug-likeness (QED) is 0.675. The Morgan fingerprint density at radius 1 is 1.24 bits per heavy atom. The average Bonchev–Trinajstić information content (AvgIpc) is 2.87. The summed E-state index contributed by atoms with van der Waals surface area (Å²) < 4.78 is 13.7. The van der Waals surface area contributed by atoms with E-state index in [0.29, 0.717) is 11.2 Å². The van der Waals surface area contributed by atoms with Crippen molar-refractivity contribution in [3.63, 3.8) is 0 Å². The molecule has 0 atom stereocenters. The van der Waals surface area contributed by atoms with E-state index >= 15 is 0 Å². The predicted molar refractivity (Wildman–Crippen MR) is 63.1 cm³/mol. The second-order valence-corrected chi connectivity index (χ2v) is 4.06. The van der Waals surface area contributed by atoms with Crippen molar-refractivity contribution in [2.75, 3.05) is 0 Å². The number of aromatic nitrogens is 4. The monoisotopic (exact) mass is 230 g/mol. The largest absolute Gasteiger partial charge is 0.360 e. The van der Waals surface area contributed by atoms with Gasteiger partial charge in [0.15, 0.2) is 5.82 Å². The lowest BCUT2D eigenvalue weighted by Crippen LogP contribution is -1.86. The molecule has 0 saturated carbocycles. The van der Waals surface area contributed by atoms with Crippen LogP contribution in [0.1, 0.15) is 11.4 Å². The molecule has 0 spiro atoms. The molecule has 3 rings (SSSR count). The Labute approximate surface area is 96.9 Å². The summed E-state index contributed by atoms with van der Waals surface area (Å²) in [5, 5.41) is 7.48. The molecular formula is C12H11FN4. The summed E-state index contributed by atoms with van der Waals surface area (Å²) in [4.78, 5) is 7.33. The Morgan fingerprint density at radius 3 is 2.76 bits per heavy atom. The molecule has 0 saturated heterocycles. The molecule has 3 aromatic rings. The fraction of sp³-hybridized carbons (Fsp3) is 0.167. The minimum atomic E-state index is -0.227. The summed E-state index contributed by atoms with van der Waals surface area (Å²) in [6, 6.07) is 3.14. The minimum absolute atomic E-state index is 0.227. The van der Waals surface area contributed by atoms with Crippen molar-refractivity contribution in [2.45, 2.75) is 13.8 Å². The number of benzene rings is 1. The SMILES string of the molecule is Cc1nc(-c2ccc(F)c3c(C)c[nH]c23)n[nH]1. The summed E-state index contributed by atoms with van der Waals surface area (Å²) in [5.74, 6) is 1.09.